The van der Waals surface area contributed by atoms with Gasteiger partial charge in [-0.05, 0) is 33.8 Å². The Morgan fingerprint density at radius 3 is 2.60 bits per heavy atom. The van der Waals surface area contributed by atoms with Gasteiger partial charge in [-0.15, -0.1) is 0 Å². The second-order valence-electron chi connectivity index (χ2n) is 5.02. The first-order chi connectivity index (χ1) is 9.17. The van der Waals surface area contributed by atoms with Crippen LogP contribution in [0.3, 0.4) is 0 Å². The summed E-state index contributed by atoms with van der Waals surface area (Å²) >= 11 is 1.27. The van der Waals surface area contributed by atoms with Gasteiger partial charge >= 0.3 is 6.09 Å². The third-order valence-corrected chi connectivity index (χ3v) is 2.90. The predicted molar refractivity (Wildman–Crippen MR) is 75.6 cm³/mol. The quantitative estimate of drug-likeness (QED) is 0.397. The molecule has 1 aromatic heterocycles. The van der Waals surface area contributed by atoms with Gasteiger partial charge in [0.25, 0.3) is 5.69 Å². The molecule has 0 bridgehead atoms. The molecule has 0 aliphatic rings. The molecule has 0 spiro atoms. The molecule has 0 aliphatic carbocycles. The van der Waals surface area contributed by atoms with Crippen molar-refractivity contribution in [2.24, 2.45) is 0 Å². The number of hydrogen-bond acceptors (Lipinski definition) is 6. The Morgan fingerprint density at radius 1 is 1.50 bits per heavy atom. The standard InChI is InChI=1S/C12H17N3O4S/c1-8(14-11(16)19-12(2,3)4)20-10-6-5-9(7-13-10)15(17)18/h5-8H,1-4H3,(H,14,16). The Morgan fingerprint density at radius 2 is 2.15 bits per heavy atom. The number of nitrogens with one attached hydrogen (secondary N) is 1. The van der Waals surface area contributed by atoms with Crippen molar-refractivity contribution in [2.75, 3.05) is 0 Å². The van der Waals surface area contributed by atoms with Crippen LogP contribution in [0.2, 0.25) is 0 Å². The summed E-state index contributed by atoms with van der Waals surface area (Å²) in [6.07, 6.45) is 0.669. The minimum absolute atomic E-state index is 0.0675. The number of hydrogen-bond donors (Lipinski definition) is 1. The van der Waals surface area contributed by atoms with Crippen molar-refractivity contribution in [3.05, 3.63) is 28.4 Å². The fourth-order valence-electron chi connectivity index (χ4n) is 1.23. The highest BCUT2D eigenvalue weighted by atomic mass is 32.2. The van der Waals surface area contributed by atoms with Gasteiger partial charge in [-0.2, -0.15) is 0 Å². The van der Waals surface area contributed by atoms with E-state index in [0.717, 1.165) is 0 Å². The summed E-state index contributed by atoms with van der Waals surface area (Å²) in [5.74, 6) is 0. The van der Waals surface area contributed by atoms with Crippen molar-refractivity contribution >= 4 is 23.5 Å². The zero-order valence-electron chi connectivity index (χ0n) is 11.7. The van der Waals surface area contributed by atoms with E-state index in [-0.39, 0.29) is 11.1 Å². The molecular formula is C12H17N3O4S. The molecule has 8 heteroatoms. The summed E-state index contributed by atoms with van der Waals surface area (Å²) in [5, 5.41) is 13.5. The Hall–Kier alpha value is -1.83. The van der Waals surface area contributed by atoms with Gasteiger partial charge in [0.1, 0.15) is 11.8 Å². The number of amides is 1. The summed E-state index contributed by atoms with van der Waals surface area (Å²) in [4.78, 5) is 25.5. The fraction of sp³-hybridized carbons (Fsp3) is 0.500. The molecule has 0 saturated heterocycles. The molecule has 7 nitrogen and oxygen atoms in total. The van der Waals surface area contributed by atoms with Crippen LogP contribution in [0.15, 0.2) is 23.4 Å². The molecule has 1 atom stereocenters. The maximum Gasteiger partial charge on any atom is 0.408 e. The lowest BCUT2D eigenvalue weighted by atomic mass is 10.2. The average Bonchev–Trinajstić information content (AvgIpc) is 2.26. The summed E-state index contributed by atoms with van der Waals surface area (Å²) in [5.41, 5.74) is -0.623. The normalized spacial score (nSPS) is 12.6. The molecule has 1 unspecified atom stereocenters. The third kappa shape index (κ3) is 5.87. The van der Waals surface area contributed by atoms with E-state index in [1.807, 2.05) is 0 Å². The molecule has 1 aromatic rings. The van der Waals surface area contributed by atoms with Crippen molar-refractivity contribution in [2.45, 2.75) is 43.7 Å². The number of aromatic nitrogens is 1. The van der Waals surface area contributed by atoms with E-state index in [4.69, 9.17) is 4.74 Å². The van der Waals surface area contributed by atoms with Crippen molar-refractivity contribution in [1.82, 2.24) is 10.3 Å². The smallest absolute Gasteiger partial charge is 0.408 e. The van der Waals surface area contributed by atoms with Crippen LogP contribution in [0.4, 0.5) is 10.5 Å². The van der Waals surface area contributed by atoms with Gasteiger partial charge in [-0.25, -0.2) is 9.78 Å². The van der Waals surface area contributed by atoms with E-state index in [0.29, 0.717) is 5.03 Å². The topological polar surface area (TPSA) is 94.4 Å². The van der Waals surface area contributed by atoms with Crippen molar-refractivity contribution in [1.29, 1.82) is 0 Å². The molecule has 1 N–H and O–H groups in total. The maximum absolute atomic E-state index is 11.5. The van der Waals surface area contributed by atoms with Crippen LogP contribution in [-0.2, 0) is 4.74 Å². The molecule has 0 fully saturated rings. The first kappa shape index (κ1) is 16.2. The molecule has 0 aromatic carbocycles. The monoisotopic (exact) mass is 299 g/mol. The van der Waals surface area contributed by atoms with Crippen LogP contribution in [0, 0.1) is 10.1 Å². The Labute approximate surface area is 121 Å². The van der Waals surface area contributed by atoms with Crippen LogP contribution < -0.4 is 5.32 Å². The second-order valence-corrected chi connectivity index (χ2v) is 6.38. The lowest BCUT2D eigenvalue weighted by Gasteiger charge is -2.21. The number of ether oxygens (including phenoxy) is 1. The van der Waals surface area contributed by atoms with E-state index in [9.17, 15) is 14.9 Å². The van der Waals surface area contributed by atoms with Crippen molar-refractivity contribution < 1.29 is 14.5 Å². The number of nitrogens with zero attached hydrogens (tertiary/aromatic N) is 2. The SMILES string of the molecule is CC(NC(=O)OC(C)(C)C)Sc1ccc([N+](=O)[O-])cn1. The van der Waals surface area contributed by atoms with Gasteiger partial charge in [0, 0.05) is 6.07 Å². The largest absolute Gasteiger partial charge is 0.444 e. The van der Waals surface area contributed by atoms with Gasteiger partial charge in [-0.3, -0.25) is 10.1 Å². The third-order valence-electron chi connectivity index (χ3n) is 1.95. The lowest BCUT2D eigenvalue weighted by molar-refractivity contribution is -0.385. The van der Waals surface area contributed by atoms with Gasteiger partial charge in [0.05, 0.1) is 15.3 Å². The first-order valence-corrected chi connectivity index (χ1v) is 6.82. The van der Waals surface area contributed by atoms with E-state index >= 15 is 0 Å². The van der Waals surface area contributed by atoms with Crippen LogP contribution in [0.25, 0.3) is 0 Å². The first-order valence-electron chi connectivity index (χ1n) is 5.94. The fourth-order valence-corrected chi connectivity index (χ4v) is 2.01. The molecule has 1 amide bonds. The zero-order chi connectivity index (χ0) is 15.3. The number of thioether (sulfide) groups is 1. The zero-order valence-corrected chi connectivity index (χ0v) is 12.6. The second kappa shape index (κ2) is 6.56. The minimum atomic E-state index is -0.555. The molecule has 0 saturated carbocycles. The minimum Gasteiger partial charge on any atom is -0.444 e. The van der Waals surface area contributed by atoms with E-state index in [2.05, 4.69) is 10.3 Å². The Kier molecular flexibility index (Phi) is 5.32. The van der Waals surface area contributed by atoms with E-state index in [1.165, 1.54) is 30.1 Å². The molecule has 0 aliphatic heterocycles. The molecule has 1 rings (SSSR count). The summed E-state index contributed by atoms with van der Waals surface area (Å²) in [7, 11) is 0. The highest BCUT2D eigenvalue weighted by Gasteiger charge is 2.18. The lowest BCUT2D eigenvalue weighted by Crippen LogP contribution is -2.36. The molecule has 1 heterocycles. The van der Waals surface area contributed by atoms with Gasteiger partial charge in [-0.1, -0.05) is 11.8 Å². The van der Waals surface area contributed by atoms with Gasteiger partial charge in [0.15, 0.2) is 0 Å². The number of carbonyl (C=O) groups is 1. The summed E-state index contributed by atoms with van der Waals surface area (Å²) in [6, 6.07) is 2.91. The Bertz CT molecular complexity index is 484. The molecule has 0 radical (unpaired) electrons. The van der Waals surface area contributed by atoms with Gasteiger partial charge in [0.2, 0.25) is 0 Å². The number of rotatable bonds is 4. The highest BCUT2D eigenvalue weighted by molar-refractivity contribution is 7.99. The number of pyridine rings is 1. The van der Waals surface area contributed by atoms with E-state index < -0.39 is 16.6 Å². The number of carbonyl (C=O) groups excluding carboxylic acids is 1. The molecule has 20 heavy (non-hydrogen) atoms. The number of alkyl carbamates (subject to hydrolysis) is 1. The van der Waals surface area contributed by atoms with Crippen molar-refractivity contribution in [3.63, 3.8) is 0 Å². The van der Waals surface area contributed by atoms with E-state index in [1.54, 1.807) is 27.7 Å². The maximum atomic E-state index is 11.5. The highest BCUT2D eigenvalue weighted by Crippen LogP contribution is 2.21. The Balaban J connectivity index is 2.52. The summed E-state index contributed by atoms with van der Waals surface area (Å²) < 4.78 is 5.12. The predicted octanol–water partition coefficient (Wildman–Crippen LogP) is 2.95. The van der Waals surface area contributed by atoms with Crippen molar-refractivity contribution in [3.8, 4) is 0 Å². The summed E-state index contributed by atoms with van der Waals surface area (Å²) in [6.45, 7) is 7.12. The molecule has 110 valence electrons. The van der Waals surface area contributed by atoms with Crippen LogP contribution in [0.1, 0.15) is 27.7 Å². The molecular weight excluding hydrogens is 282 g/mol. The van der Waals surface area contributed by atoms with Gasteiger partial charge < -0.3 is 10.1 Å². The van der Waals surface area contributed by atoms with Crippen LogP contribution >= 0.6 is 11.8 Å². The average molecular weight is 299 g/mol. The van der Waals surface area contributed by atoms with Crippen LogP contribution in [-0.4, -0.2) is 27.0 Å². The van der Waals surface area contributed by atoms with Crippen LogP contribution in [0.5, 0.6) is 0 Å². The number of nitro groups is 1.